The molecule has 0 radical (unpaired) electrons. The van der Waals surface area contributed by atoms with Gasteiger partial charge < -0.3 is 0 Å². The molecule has 0 saturated heterocycles. The zero-order valence-electron chi connectivity index (χ0n) is 9.34. The Balaban J connectivity index is 5.13. The topological polar surface area (TPSA) is 0 Å². The van der Waals surface area contributed by atoms with Gasteiger partial charge in [-0.1, -0.05) is 19.6 Å². The molecule has 0 rings (SSSR count). The molecule has 0 aromatic rings. The summed E-state index contributed by atoms with van der Waals surface area (Å²) in [6, 6.07) is 0. The molecule has 0 spiro atoms. The van der Waals surface area contributed by atoms with E-state index >= 15 is 0 Å². The molecular weight excluding hydrogens is 246 g/mol. The highest BCUT2D eigenvalue weighted by Gasteiger charge is 2.31. The van der Waals surface area contributed by atoms with Crippen molar-refractivity contribution in [2.75, 3.05) is 0 Å². The van der Waals surface area contributed by atoms with Gasteiger partial charge in [-0.2, -0.15) is 26.3 Å². The fourth-order valence-electron chi connectivity index (χ4n) is 0.911. The lowest BCUT2D eigenvalue weighted by molar-refractivity contribution is -0.0914. The molecule has 0 aliphatic heterocycles. The maximum absolute atomic E-state index is 12.2. The van der Waals surface area contributed by atoms with Crippen molar-refractivity contribution in [3.05, 3.63) is 35.5 Å². The van der Waals surface area contributed by atoms with Crippen LogP contribution in [0.25, 0.3) is 0 Å². The Morgan fingerprint density at radius 3 is 1.76 bits per heavy atom. The second-order valence-electron chi connectivity index (χ2n) is 3.42. The number of rotatable bonds is 3. The number of hydrogen-bond acceptors (Lipinski definition) is 0. The molecule has 0 atom stereocenters. The van der Waals surface area contributed by atoms with Gasteiger partial charge in [0.25, 0.3) is 0 Å². The number of alkyl halides is 6. The molecule has 0 N–H and O–H groups in total. The first-order chi connectivity index (χ1) is 7.48. The molecule has 6 heteroatoms. The van der Waals surface area contributed by atoms with Gasteiger partial charge >= 0.3 is 12.4 Å². The molecule has 0 amide bonds. The van der Waals surface area contributed by atoms with Crippen LogP contribution in [0.1, 0.15) is 20.3 Å². The third kappa shape index (κ3) is 5.60. The van der Waals surface area contributed by atoms with Crippen molar-refractivity contribution >= 4 is 0 Å². The summed E-state index contributed by atoms with van der Waals surface area (Å²) >= 11 is 0. The van der Waals surface area contributed by atoms with Crippen LogP contribution in [0.4, 0.5) is 26.3 Å². The van der Waals surface area contributed by atoms with Crippen LogP contribution in [0.15, 0.2) is 35.5 Å². The standard InChI is InChI=1S/C11H12F6/c1-4-9(5-7(2)10(12,13)14)6-8(3)11(15,16)17/h5-6H,2,4H2,1,3H3/b8-6+,9-5-. The van der Waals surface area contributed by atoms with E-state index < -0.39 is 23.5 Å². The van der Waals surface area contributed by atoms with Gasteiger partial charge in [0.05, 0.1) is 0 Å². The van der Waals surface area contributed by atoms with Gasteiger partial charge in [0.2, 0.25) is 0 Å². The summed E-state index contributed by atoms with van der Waals surface area (Å²) < 4.78 is 72.9. The molecule has 0 aromatic carbocycles. The van der Waals surface area contributed by atoms with Crippen LogP contribution in [0.3, 0.4) is 0 Å². The molecule has 0 nitrogen and oxygen atoms in total. The molecular formula is C11H12F6. The summed E-state index contributed by atoms with van der Waals surface area (Å²) in [5.41, 5.74) is -2.18. The minimum absolute atomic E-state index is 0.0581. The van der Waals surface area contributed by atoms with E-state index in [0.29, 0.717) is 12.2 Å². The Hall–Kier alpha value is -1.20. The normalized spacial score (nSPS) is 15.1. The van der Waals surface area contributed by atoms with Crippen LogP contribution < -0.4 is 0 Å². The van der Waals surface area contributed by atoms with E-state index in [1.165, 1.54) is 6.92 Å². The zero-order valence-corrected chi connectivity index (χ0v) is 9.34. The van der Waals surface area contributed by atoms with Crippen molar-refractivity contribution in [1.82, 2.24) is 0 Å². The van der Waals surface area contributed by atoms with Crippen molar-refractivity contribution < 1.29 is 26.3 Å². The summed E-state index contributed by atoms with van der Waals surface area (Å²) in [6.07, 6.45) is -7.79. The monoisotopic (exact) mass is 258 g/mol. The van der Waals surface area contributed by atoms with E-state index in [2.05, 4.69) is 6.58 Å². The Morgan fingerprint density at radius 1 is 1.00 bits per heavy atom. The third-order valence-electron chi connectivity index (χ3n) is 1.98. The minimum Gasteiger partial charge on any atom is -0.166 e. The van der Waals surface area contributed by atoms with Crippen molar-refractivity contribution in [2.24, 2.45) is 0 Å². The van der Waals surface area contributed by atoms with Crippen LogP contribution in [-0.2, 0) is 0 Å². The number of allylic oxidation sites excluding steroid dienone is 5. The highest BCUT2D eigenvalue weighted by atomic mass is 19.4. The van der Waals surface area contributed by atoms with Gasteiger partial charge in [-0.05, 0) is 25.0 Å². The fraction of sp³-hybridized carbons (Fsp3) is 0.455. The van der Waals surface area contributed by atoms with Gasteiger partial charge in [-0.25, -0.2) is 0 Å². The first-order valence-electron chi connectivity index (χ1n) is 4.70. The molecule has 0 heterocycles. The van der Waals surface area contributed by atoms with Gasteiger partial charge in [-0.15, -0.1) is 0 Å². The Labute approximate surface area is 95.3 Å². The predicted molar refractivity (Wildman–Crippen MR) is 53.4 cm³/mol. The summed E-state index contributed by atoms with van der Waals surface area (Å²) in [5, 5.41) is 0. The average molecular weight is 258 g/mol. The first-order valence-corrected chi connectivity index (χ1v) is 4.70. The SMILES string of the molecule is C=C(/C=C(\C=C(/C)C(F)(F)F)CC)C(F)(F)F. The molecule has 0 aliphatic rings. The fourth-order valence-corrected chi connectivity index (χ4v) is 0.911. The van der Waals surface area contributed by atoms with Gasteiger partial charge in [0.15, 0.2) is 0 Å². The van der Waals surface area contributed by atoms with Crippen LogP contribution in [0, 0.1) is 0 Å². The van der Waals surface area contributed by atoms with Crippen molar-refractivity contribution in [1.29, 1.82) is 0 Å². The van der Waals surface area contributed by atoms with E-state index in [0.717, 1.165) is 6.92 Å². The summed E-state index contributed by atoms with van der Waals surface area (Å²) in [4.78, 5) is 0. The molecule has 0 bridgehead atoms. The lowest BCUT2D eigenvalue weighted by atomic mass is 10.1. The average Bonchev–Trinajstić information content (AvgIpc) is 2.13. The van der Waals surface area contributed by atoms with E-state index in [1.54, 1.807) is 0 Å². The van der Waals surface area contributed by atoms with Gasteiger partial charge in [0.1, 0.15) is 0 Å². The second-order valence-corrected chi connectivity index (χ2v) is 3.42. The summed E-state index contributed by atoms with van der Waals surface area (Å²) in [6.45, 7) is 5.04. The highest BCUT2D eigenvalue weighted by Crippen LogP contribution is 2.29. The van der Waals surface area contributed by atoms with E-state index in [1.807, 2.05) is 0 Å². The van der Waals surface area contributed by atoms with Crippen LogP contribution >= 0.6 is 0 Å². The zero-order chi connectivity index (χ0) is 13.9. The Bertz CT molecular complexity index is 340. The van der Waals surface area contributed by atoms with Crippen molar-refractivity contribution in [2.45, 2.75) is 32.6 Å². The minimum atomic E-state index is -4.62. The molecule has 0 unspecified atom stereocenters. The molecule has 0 aliphatic carbocycles. The smallest absolute Gasteiger partial charge is 0.166 e. The van der Waals surface area contributed by atoms with Gasteiger partial charge in [-0.3, -0.25) is 0 Å². The predicted octanol–water partition coefficient (Wildman–Crippen LogP) is 4.95. The maximum atomic E-state index is 12.2. The second kappa shape index (κ2) is 5.42. The molecule has 98 valence electrons. The Kier molecular flexibility index (Phi) is 5.04. The van der Waals surface area contributed by atoms with E-state index in [4.69, 9.17) is 0 Å². The Morgan fingerprint density at radius 2 is 1.47 bits per heavy atom. The summed E-state index contributed by atoms with van der Waals surface area (Å²) in [5.74, 6) is 0. The van der Waals surface area contributed by atoms with Crippen molar-refractivity contribution in [3.63, 3.8) is 0 Å². The third-order valence-corrected chi connectivity index (χ3v) is 1.98. The largest absolute Gasteiger partial charge is 0.415 e. The molecule has 0 aromatic heterocycles. The lowest BCUT2D eigenvalue weighted by Crippen LogP contribution is -2.10. The first kappa shape index (κ1) is 15.8. The summed E-state index contributed by atoms with van der Waals surface area (Å²) in [7, 11) is 0. The van der Waals surface area contributed by atoms with Crippen molar-refractivity contribution in [3.8, 4) is 0 Å². The van der Waals surface area contributed by atoms with E-state index in [-0.39, 0.29) is 12.0 Å². The van der Waals surface area contributed by atoms with Crippen LogP contribution in [0.5, 0.6) is 0 Å². The van der Waals surface area contributed by atoms with Gasteiger partial charge in [0, 0.05) is 11.1 Å². The number of hydrogen-bond donors (Lipinski definition) is 0. The maximum Gasteiger partial charge on any atom is 0.415 e. The molecule has 0 fully saturated rings. The lowest BCUT2D eigenvalue weighted by Gasteiger charge is -2.09. The number of halogens is 6. The van der Waals surface area contributed by atoms with Crippen LogP contribution in [0.2, 0.25) is 0 Å². The molecule has 0 saturated carbocycles. The molecule has 17 heavy (non-hydrogen) atoms. The highest BCUT2D eigenvalue weighted by molar-refractivity contribution is 5.33. The van der Waals surface area contributed by atoms with Crippen LogP contribution in [-0.4, -0.2) is 12.4 Å². The quantitative estimate of drug-likeness (QED) is 0.496. The van der Waals surface area contributed by atoms with E-state index in [9.17, 15) is 26.3 Å².